The summed E-state index contributed by atoms with van der Waals surface area (Å²) in [6, 6.07) is 15.8. The van der Waals surface area contributed by atoms with Crippen molar-refractivity contribution in [1.29, 1.82) is 0 Å². The molecule has 0 aromatic heterocycles. The van der Waals surface area contributed by atoms with Crippen LogP contribution in [0.2, 0.25) is 0 Å². The van der Waals surface area contributed by atoms with Gasteiger partial charge in [-0.1, -0.05) is 86.7 Å². The van der Waals surface area contributed by atoms with Crippen molar-refractivity contribution in [2.75, 3.05) is 6.54 Å². The predicted molar refractivity (Wildman–Crippen MR) is 166 cm³/mol. The Balaban J connectivity index is 0.000000748. The first-order valence-corrected chi connectivity index (χ1v) is 15.3. The molecule has 8 N–H and O–H groups in total. The molecule has 2 aromatic rings. The van der Waals surface area contributed by atoms with Crippen molar-refractivity contribution < 1.29 is 65.6 Å². The average Bonchev–Trinajstić information content (AvgIpc) is 3.06. The van der Waals surface area contributed by atoms with Crippen molar-refractivity contribution in [3.63, 3.8) is 0 Å². The zero-order chi connectivity index (χ0) is 37.9. The van der Waals surface area contributed by atoms with Gasteiger partial charge in [-0.3, -0.25) is 19.7 Å². The molecule has 1 saturated carbocycles. The number of carboxylic acid groups (broad SMARTS) is 3. The van der Waals surface area contributed by atoms with Crippen LogP contribution in [-0.2, 0) is 43.5 Å². The van der Waals surface area contributed by atoms with Crippen molar-refractivity contribution in [2.45, 2.75) is 82.5 Å². The van der Waals surface area contributed by atoms with Gasteiger partial charge in [0, 0.05) is 19.5 Å². The number of carboxylic acids is 3. The maximum Gasteiger partial charge on any atom is 0.490 e. The van der Waals surface area contributed by atoms with E-state index >= 15 is 0 Å². The minimum atomic E-state index is -5.08. The lowest BCUT2D eigenvalue weighted by Crippen LogP contribution is -2.54. The van der Waals surface area contributed by atoms with Crippen LogP contribution in [0.1, 0.15) is 55.2 Å². The molecular formula is C32H40F6N4O8. The first-order chi connectivity index (χ1) is 23.3. The van der Waals surface area contributed by atoms with E-state index in [1.165, 1.54) is 6.42 Å². The zero-order valence-electron chi connectivity index (χ0n) is 26.7. The number of hydrogen-bond acceptors (Lipinski definition) is 7. The van der Waals surface area contributed by atoms with E-state index in [-0.39, 0.29) is 18.4 Å². The minimum Gasteiger partial charge on any atom is -0.480 e. The van der Waals surface area contributed by atoms with E-state index < -0.39 is 42.3 Å². The second-order valence-electron chi connectivity index (χ2n) is 11.2. The van der Waals surface area contributed by atoms with E-state index in [1.54, 1.807) is 0 Å². The van der Waals surface area contributed by atoms with E-state index in [1.807, 2.05) is 54.6 Å². The van der Waals surface area contributed by atoms with Crippen LogP contribution in [-0.4, -0.2) is 76.0 Å². The second kappa shape index (κ2) is 21.4. The number of rotatable bonds is 13. The highest BCUT2D eigenvalue weighted by atomic mass is 19.4. The maximum absolute atomic E-state index is 13.3. The number of carbonyl (C=O) groups is 5. The van der Waals surface area contributed by atoms with Gasteiger partial charge in [0.25, 0.3) is 0 Å². The van der Waals surface area contributed by atoms with Crippen molar-refractivity contribution in [3.05, 3.63) is 71.3 Å². The van der Waals surface area contributed by atoms with Gasteiger partial charge in [0.15, 0.2) is 0 Å². The van der Waals surface area contributed by atoms with Crippen molar-refractivity contribution in [1.82, 2.24) is 16.0 Å². The van der Waals surface area contributed by atoms with Crippen molar-refractivity contribution >= 4 is 29.7 Å². The number of hydrogen-bond donors (Lipinski definition) is 7. The lowest BCUT2D eigenvalue weighted by molar-refractivity contribution is -0.193. The highest BCUT2D eigenvalue weighted by molar-refractivity contribution is 5.90. The smallest absolute Gasteiger partial charge is 0.480 e. The third-order valence-electron chi connectivity index (χ3n) is 7.24. The number of alkyl halides is 6. The molecule has 1 fully saturated rings. The predicted octanol–water partition coefficient (Wildman–Crippen LogP) is 3.77. The van der Waals surface area contributed by atoms with Gasteiger partial charge in [-0.25, -0.2) is 9.59 Å². The Morgan fingerprint density at radius 2 is 1.22 bits per heavy atom. The monoisotopic (exact) mass is 722 g/mol. The highest BCUT2D eigenvalue weighted by Gasteiger charge is 2.39. The largest absolute Gasteiger partial charge is 0.490 e. The number of benzene rings is 2. The van der Waals surface area contributed by atoms with Crippen LogP contribution in [0.4, 0.5) is 26.3 Å². The summed E-state index contributed by atoms with van der Waals surface area (Å²) in [5, 5.41) is 32.1. The van der Waals surface area contributed by atoms with Crippen molar-refractivity contribution in [3.8, 4) is 0 Å². The van der Waals surface area contributed by atoms with Crippen LogP contribution in [0.3, 0.4) is 0 Å². The molecule has 0 saturated heterocycles. The van der Waals surface area contributed by atoms with Crippen LogP contribution in [0.25, 0.3) is 0 Å². The van der Waals surface area contributed by atoms with Gasteiger partial charge >= 0.3 is 30.3 Å². The Morgan fingerprint density at radius 3 is 1.68 bits per heavy atom. The molecule has 3 rings (SSSR count). The van der Waals surface area contributed by atoms with Gasteiger partial charge in [-0.05, 0) is 29.0 Å². The lowest BCUT2D eigenvalue weighted by atomic mass is 9.84. The van der Waals surface area contributed by atoms with Crippen LogP contribution >= 0.6 is 0 Å². The molecule has 0 bridgehead atoms. The number of aliphatic carboxylic acids is 3. The standard InChI is InChI=1S/C28H38N4O4.2C2HF3O2/c29-17-22-11-13-23(14-12-22)18-31-27(35)25(16-21-9-5-2-6-10-21)32-28(36)24(30-19-26(33)34)15-20-7-3-1-4-8-20;2*3-2(4,5)1(6)7/h2,5-6,9-14,20,24-25,30H,1,3-4,7-8,15-19,29H2,(H,31,35)(H,32,36)(H,33,34);2*(H,6,7)/t24-,25+;;/m1../s1. The minimum absolute atomic E-state index is 0.287. The molecule has 0 heterocycles. The first kappa shape index (κ1) is 43.3. The summed E-state index contributed by atoms with van der Waals surface area (Å²) < 4.78 is 63.5. The molecule has 0 unspecified atom stereocenters. The van der Waals surface area contributed by atoms with Crippen LogP contribution in [0, 0.1) is 5.92 Å². The molecule has 12 nitrogen and oxygen atoms in total. The molecule has 18 heteroatoms. The fraction of sp³-hybridized carbons (Fsp3) is 0.469. The van der Waals surface area contributed by atoms with Gasteiger partial charge in [0.05, 0.1) is 12.6 Å². The molecule has 50 heavy (non-hydrogen) atoms. The normalized spacial score (nSPS) is 14.4. The summed E-state index contributed by atoms with van der Waals surface area (Å²) in [6.45, 7) is 0.475. The van der Waals surface area contributed by atoms with E-state index in [0.717, 1.165) is 42.4 Å². The van der Waals surface area contributed by atoms with Gasteiger partial charge in [-0.2, -0.15) is 26.3 Å². The molecule has 278 valence electrons. The van der Waals surface area contributed by atoms with E-state index in [2.05, 4.69) is 16.0 Å². The van der Waals surface area contributed by atoms with E-state index in [4.69, 9.17) is 30.6 Å². The fourth-order valence-corrected chi connectivity index (χ4v) is 4.69. The third-order valence-corrected chi connectivity index (χ3v) is 7.24. The molecular weight excluding hydrogens is 682 g/mol. The Kier molecular flexibility index (Phi) is 18.5. The molecule has 2 aromatic carbocycles. The Hall–Kier alpha value is -4.71. The number of carbonyl (C=O) groups excluding carboxylic acids is 2. The fourth-order valence-electron chi connectivity index (χ4n) is 4.69. The van der Waals surface area contributed by atoms with Crippen LogP contribution in [0.5, 0.6) is 0 Å². The lowest BCUT2D eigenvalue weighted by Gasteiger charge is -2.28. The molecule has 2 atom stereocenters. The van der Waals surface area contributed by atoms with Gasteiger partial charge in [0.2, 0.25) is 11.8 Å². The molecule has 0 radical (unpaired) electrons. The second-order valence-corrected chi connectivity index (χ2v) is 11.2. The van der Waals surface area contributed by atoms with Gasteiger partial charge < -0.3 is 31.7 Å². The average molecular weight is 723 g/mol. The number of nitrogens with two attached hydrogens (primary N) is 1. The van der Waals surface area contributed by atoms with Gasteiger partial charge in [-0.15, -0.1) is 0 Å². The number of halogens is 6. The van der Waals surface area contributed by atoms with Crippen LogP contribution < -0.4 is 21.7 Å². The SMILES string of the molecule is NCc1ccc(CNC(=O)[C@H](Cc2ccccc2)NC(=O)[C@@H](CC2CCCCC2)NCC(=O)O)cc1.O=C(O)C(F)(F)F.O=C(O)C(F)(F)F. The first-order valence-electron chi connectivity index (χ1n) is 15.3. The molecule has 1 aliphatic rings. The summed E-state index contributed by atoms with van der Waals surface area (Å²) in [7, 11) is 0. The summed E-state index contributed by atoms with van der Waals surface area (Å²) in [4.78, 5) is 55.5. The third kappa shape index (κ3) is 18.2. The zero-order valence-corrected chi connectivity index (χ0v) is 26.7. The van der Waals surface area contributed by atoms with Gasteiger partial charge in [0.1, 0.15) is 6.04 Å². The number of amides is 2. The van der Waals surface area contributed by atoms with E-state index in [9.17, 15) is 40.7 Å². The Bertz CT molecular complexity index is 1350. The molecule has 0 aliphatic heterocycles. The molecule has 2 amide bonds. The summed E-state index contributed by atoms with van der Waals surface area (Å²) in [5.74, 6) is -6.79. The quantitative estimate of drug-likeness (QED) is 0.149. The number of nitrogens with one attached hydrogen (secondary N) is 3. The highest BCUT2D eigenvalue weighted by Crippen LogP contribution is 2.27. The van der Waals surface area contributed by atoms with E-state index in [0.29, 0.717) is 31.8 Å². The summed E-state index contributed by atoms with van der Waals surface area (Å²) in [6.07, 6.45) is -3.74. The maximum atomic E-state index is 13.3. The Morgan fingerprint density at radius 1 is 0.720 bits per heavy atom. The Labute approximate surface area is 283 Å². The van der Waals surface area contributed by atoms with Crippen LogP contribution in [0.15, 0.2) is 54.6 Å². The topological polar surface area (TPSA) is 208 Å². The molecule has 1 aliphatic carbocycles. The summed E-state index contributed by atoms with van der Waals surface area (Å²) in [5.41, 5.74) is 8.52. The molecule has 0 spiro atoms. The van der Waals surface area contributed by atoms with Crippen molar-refractivity contribution in [2.24, 2.45) is 11.7 Å². The summed E-state index contributed by atoms with van der Waals surface area (Å²) >= 11 is 0.